The molecule has 0 spiro atoms. The summed E-state index contributed by atoms with van der Waals surface area (Å²) in [6.07, 6.45) is 5.31. The van der Waals surface area contributed by atoms with Crippen LogP contribution in [0.25, 0.3) is 6.08 Å². The van der Waals surface area contributed by atoms with E-state index in [1.165, 1.54) is 11.3 Å². The summed E-state index contributed by atoms with van der Waals surface area (Å²) in [4.78, 5) is 33.2. The summed E-state index contributed by atoms with van der Waals surface area (Å²) in [5.41, 5.74) is 2.52. The van der Waals surface area contributed by atoms with Crippen LogP contribution >= 0.6 is 11.3 Å². The zero-order valence-electron chi connectivity index (χ0n) is 18.3. The number of carbonyl (C=O) groups excluding carboxylic acids is 1. The Morgan fingerprint density at radius 1 is 1.27 bits per heavy atom. The average molecular weight is 463 g/mol. The van der Waals surface area contributed by atoms with Crippen LogP contribution in [0.4, 0.5) is 5.13 Å². The van der Waals surface area contributed by atoms with Gasteiger partial charge in [-0.3, -0.25) is 14.5 Å². The number of rotatable bonds is 6. The fraction of sp³-hybridized carbons (Fsp3) is 0.320. The monoisotopic (exact) mass is 462 g/mol. The van der Waals surface area contributed by atoms with Gasteiger partial charge in [-0.25, -0.2) is 4.98 Å². The van der Waals surface area contributed by atoms with E-state index in [-0.39, 0.29) is 36.1 Å². The topological polar surface area (TPSA) is 87.5 Å². The van der Waals surface area contributed by atoms with Crippen molar-refractivity contribution in [1.82, 2.24) is 14.5 Å². The van der Waals surface area contributed by atoms with Crippen LogP contribution in [0.5, 0.6) is 0 Å². The molecule has 2 N–H and O–H groups in total. The Labute approximate surface area is 196 Å². The lowest BCUT2D eigenvalue weighted by Gasteiger charge is -2.38. The van der Waals surface area contributed by atoms with Crippen molar-refractivity contribution in [3.8, 4) is 0 Å². The molecule has 1 aromatic carbocycles. The molecule has 0 aliphatic carbocycles. The standard InChI is InChI=1S/C25H26N4O3S/c1-2-6-17-9-10-19-22-21(23(31)27-25-26-11-12-33-25)18(15-30)20(14-29(19)24(17)32)28(22)13-16-7-4-3-5-8-16/h2-12,18,20-22,30H,13-15H2,1H3,(H,26,27,31)/b6-2-/t18-,20-,21+,22+/m0/s1. The zero-order valence-corrected chi connectivity index (χ0v) is 19.1. The van der Waals surface area contributed by atoms with Gasteiger partial charge in [-0.05, 0) is 24.6 Å². The molecule has 2 bridgehead atoms. The second kappa shape index (κ2) is 9.05. The number of thiazole rings is 1. The third-order valence-electron chi connectivity index (χ3n) is 6.72. The molecule has 4 atom stereocenters. The molecule has 8 heteroatoms. The fourth-order valence-electron chi connectivity index (χ4n) is 5.33. The van der Waals surface area contributed by atoms with Gasteiger partial charge in [0.2, 0.25) is 5.91 Å². The summed E-state index contributed by atoms with van der Waals surface area (Å²) >= 11 is 1.36. The number of pyridine rings is 1. The zero-order chi connectivity index (χ0) is 22.9. The Hall–Kier alpha value is -3.07. The number of aliphatic hydroxyl groups is 1. The Kier molecular flexibility index (Phi) is 5.97. The van der Waals surface area contributed by atoms with E-state index < -0.39 is 5.92 Å². The van der Waals surface area contributed by atoms with Gasteiger partial charge in [0.1, 0.15) is 0 Å². The minimum absolute atomic E-state index is 0.0577. The summed E-state index contributed by atoms with van der Waals surface area (Å²) in [7, 11) is 0. The van der Waals surface area contributed by atoms with Crippen LogP contribution < -0.4 is 10.9 Å². The lowest BCUT2D eigenvalue weighted by atomic mass is 9.86. The van der Waals surface area contributed by atoms with Gasteiger partial charge in [-0.2, -0.15) is 0 Å². The van der Waals surface area contributed by atoms with Crippen molar-refractivity contribution in [3.05, 3.63) is 87.3 Å². The molecule has 1 amide bonds. The number of anilines is 1. The number of hydrogen-bond donors (Lipinski definition) is 2. The first-order valence-corrected chi connectivity index (χ1v) is 12.0. The van der Waals surface area contributed by atoms with E-state index in [1.807, 2.05) is 54.8 Å². The molecular weight excluding hydrogens is 436 g/mol. The van der Waals surface area contributed by atoms with Crippen LogP contribution in [-0.2, 0) is 17.9 Å². The molecule has 3 aromatic rings. The maximum Gasteiger partial charge on any atom is 0.258 e. The van der Waals surface area contributed by atoms with Gasteiger partial charge in [0, 0.05) is 54.5 Å². The maximum absolute atomic E-state index is 13.5. The van der Waals surface area contributed by atoms with Crippen molar-refractivity contribution >= 4 is 28.5 Å². The van der Waals surface area contributed by atoms with Crippen LogP contribution in [0, 0.1) is 11.8 Å². The predicted octanol–water partition coefficient (Wildman–Crippen LogP) is 3.14. The largest absolute Gasteiger partial charge is 0.396 e. The molecule has 2 aliphatic rings. The van der Waals surface area contributed by atoms with E-state index in [1.54, 1.807) is 10.8 Å². The molecule has 2 aromatic heterocycles. The summed E-state index contributed by atoms with van der Waals surface area (Å²) in [5, 5.41) is 15.7. The molecule has 0 unspecified atom stereocenters. The lowest BCUT2D eigenvalue weighted by Crippen LogP contribution is -2.46. The van der Waals surface area contributed by atoms with Crippen LogP contribution in [-0.4, -0.2) is 38.1 Å². The number of nitrogens with zero attached hydrogens (tertiary/aromatic N) is 3. The molecule has 7 nitrogen and oxygen atoms in total. The first-order valence-electron chi connectivity index (χ1n) is 11.1. The Balaban J connectivity index is 1.60. The number of allylic oxidation sites excluding steroid dienone is 1. The van der Waals surface area contributed by atoms with Crippen LogP contribution in [0.15, 0.2) is 64.9 Å². The van der Waals surface area contributed by atoms with E-state index in [0.717, 1.165) is 11.3 Å². The molecular formula is C25H26N4O3S. The number of hydrogen-bond acceptors (Lipinski definition) is 6. The van der Waals surface area contributed by atoms with Gasteiger partial charge >= 0.3 is 0 Å². The highest BCUT2D eigenvalue weighted by molar-refractivity contribution is 7.13. The van der Waals surface area contributed by atoms with Gasteiger partial charge in [-0.15, -0.1) is 11.3 Å². The van der Waals surface area contributed by atoms with Crippen molar-refractivity contribution < 1.29 is 9.90 Å². The third-order valence-corrected chi connectivity index (χ3v) is 7.41. The van der Waals surface area contributed by atoms with Crippen LogP contribution in [0.3, 0.4) is 0 Å². The molecule has 2 aliphatic heterocycles. The fourth-order valence-corrected chi connectivity index (χ4v) is 5.86. The summed E-state index contributed by atoms with van der Waals surface area (Å²) in [6.45, 7) is 2.83. The smallest absolute Gasteiger partial charge is 0.258 e. The first-order chi connectivity index (χ1) is 16.1. The number of carbonyl (C=O) groups is 1. The Bertz CT molecular complexity index is 1220. The number of amides is 1. The number of aromatic nitrogens is 2. The average Bonchev–Trinajstić information content (AvgIpc) is 3.40. The van der Waals surface area contributed by atoms with E-state index in [2.05, 4.69) is 27.3 Å². The summed E-state index contributed by atoms with van der Waals surface area (Å²) in [6, 6.07) is 13.4. The molecule has 5 rings (SSSR count). The van der Waals surface area contributed by atoms with Gasteiger partial charge < -0.3 is 15.0 Å². The minimum atomic E-state index is -0.506. The number of nitrogens with one attached hydrogen (secondary N) is 1. The lowest BCUT2D eigenvalue weighted by molar-refractivity contribution is -0.122. The summed E-state index contributed by atoms with van der Waals surface area (Å²) in [5.74, 6) is -0.982. The van der Waals surface area contributed by atoms with E-state index in [4.69, 9.17) is 0 Å². The van der Waals surface area contributed by atoms with Crippen molar-refractivity contribution in [2.24, 2.45) is 11.8 Å². The summed E-state index contributed by atoms with van der Waals surface area (Å²) < 4.78 is 1.80. The van der Waals surface area contributed by atoms with Crippen molar-refractivity contribution in [3.63, 3.8) is 0 Å². The SMILES string of the molecule is C/C=C\c1ccc2n(c1=O)C[C@H]1[C@H](CO)[C@@H](C(=O)Nc3nccs3)[C@@H]2N1Cc1ccccc1. The maximum atomic E-state index is 13.5. The highest BCUT2D eigenvalue weighted by Crippen LogP contribution is 2.49. The molecule has 33 heavy (non-hydrogen) atoms. The van der Waals surface area contributed by atoms with Gasteiger partial charge in [0.05, 0.1) is 12.0 Å². The van der Waals surface area contributed by atoms with Crippen molar-refractivity contribution in [2.45, 2.75) is 32.1 Å². The van der Waals surface area contributed by atoms with E-state index >= 15 is 0 Å². The minimum Gasteiger partial charge on any atom is -0.396 e. The number of fused-ring (bicyclic) bond motifs is 4. The molecule has 1 saturated heterocycles. The normalized spacial score (nSPS) is 24.2. The Morgan fingerprint density at radius 3 is 2.79 bits per heavy atom. The molecule has 170 valence electrons. The quantitative estimate of drug-likeness (QED) is 0.588. The predicted molar refractivity (Wildman–Crippen MR) is 129 cm³/mol. The van der Waals surface area contributed by atoms with E-state index in [0.29, 0.717) is 23.8 Å². The van der Waals surface area contributed by atoms with Crippen molar-refractivity contribution in [2.75, 3.05) is 11.9 Å². The van der Waals surface area contributed by atoms with Crippen LogP contribution in [0.2, 0.25) is 0 Å². The molecule has 0 saturated carbocycles. The van der Waals surface area contributed by atoms with Gasteiger partial charge in [0.15, 0.2) is 5.13 Å². The van der Waals surface area contributed by atoms with Gasteiger partial charge in [0.25, 0.3) is 5.56 Å². The molecule has 0 radical (unpaired) electrons. The third kappa shape index (κ3) is 3.84. The molecule has 1 fully saturated rings. The highest BCUT2D eigenvalue weighted by atomic mass is 32.1. The van der Waals surface area contributed by atoms with Gasteiger partial charge in [-0.1, -0.05) is 42.5 Å². The van der Waals surface area contributed by atoms with Crippen molar-refractivity contribution in [1.29, 1.82) is 0 Å². The number of benzene rings is 1. The first kappa shape index (κ1) is 21.8. The highest BCUT2D eigenvalue weighted by Gasteiger charge is 2.55. The van der Waals surface area contributed by atoms with E-state index in [9.17, 15) is 14.7 Å². The second-order valence-electron chi connectivity index (χ2n) is 8.50. The Morgan fingerprint density at radius 2 is 2.09 bits per heavy atom. The van der Waals surface area contributed by atoms with Crippen LogP contribution in [0.1, 0.15) is 29.8 Å². The number of aliphatic hydroxyl groups excluding tert-OH is 1. The molecule has 4 heterocycles. The second-order valence-corrected chi connectivity index (χ2v) is 9.39.